The molecule has 20 heavy (non-hydrogen) atoms. The average molecular weight is 311 g/mol. The zero-order chi connectivity index (χ0) is 15.6. The SMILES string of the molecule is Cc1ccc(S(=O)NC(C)(C)CCF)c(C(F)(F)F)c1. The van der Waals surface area contributed by atoms with Gasteiger partial charge in [0.15, 0.2) is 0 Å². The summed E-state index contributed by atoms with van der Waals surface area (Å²) in [4.78, 5) is -0.338. The number of rotatable bonds is 5. The Bertz CT molecular complexity index is 500. The summed E-state index contributed by atoms with van der Waals surface area (Å²) >= 11 is 0. The van der Waals surface area contributed by atoms with Crippen molar-refractivity contribution in [2.75, 3.05) is 6.67 Å². The fourth-order valence-corrected chi connectivity index (χ4v) is 2.90. The molecular formula is C13H17F4NOS. The molecule has 0 saturated heterocycles. The summed E-state index contributed by atoms with van der Waals surface area (Å²) < 4.78 is 65.8. The minimum Gasteiger partial charge on any atom is -0.251 e. The third kappa shape index (κ3) is 4.56. The Morgan fingerprint density at radius 1 is 1.25 bits per heavy atom. The lowest BCUT2D eigenvalue weighted by atomic mass is 10.0. The van der Waals surface area contributed by atoms with Gasteiger partial charge in [0.1, 0.15) is 11.0 Å². The van der Waals surface area contributed by atoms with E-state index in [9.17, 15) is 21.8 Å². The predicted octanol–water partition coefficient (Wildman–Crippen LogP) is 3.76. The molecule has 0 heterocycles. The Hall–Kier alpha value is -0.950. The molecule has 1 unspecified atom stereocenters. The lowest BCUT2D eigenvalue weighted by molar-refractivity contribution is -0.139. The molecule has 1 rings (SSSR count). The topological polar surface area (TPSA) is 29.1 Å². The van der Waals surface area contributed by atoms with Crippen molar-refractivity contribution in [3.8, 4) is 0 Å². The maximum Gasteiger partial charge on any atom is 0.417 e. The molecule has 0 aliphatic heterocycles. The lowest BCUT2D eigenvalue weighted by Crippen LogP contribution is -2.41. The normalized spacial score (nSPS) is 14.3. The van der Waals surface area contributed by atoms with Crippen molar-refractivity contribution in [2.24, 2.45) is 0 Å². The van der Waals surface area contributed by atoms with Crippen LogP contribution in [-0.2, 0) is 17.2 Å². The number of halogens is 4. The molecule has 0 fully saturated rings. The van der Waals surface area contributed by atoms with Gasteiger partial charge in [0.25, 0.3) is 0 Å². The summed E-state index contributed by atoms with van der Waals surface area (Å²) in [6.45, 7) is 4.07. The molecule has 1 atom stereocenters. The van der Waals surface area contributed by atoms with Crippen molar-refractivity contribution in [3.63, 3.8) is 0 Å². The molecule has 0 saturated carbocycles. The van der Waals surface area contributed by atoms with Crippen LogP contribution in [0.5, 0.6) is 0 Å². The first-order valence-corrected chi connectivity index (χ1v) is 7.15. The molecule has 1 aromatic rings. The summed E-state index contributed by atoms with van der Waals surface area (Å²) in [5, 5.41) is 0. The van der Waals surface area contributed by atoms with Gasteiger partial charge in [-0.15, -0.1) is 0 Å². The number of aryl methyl sites for hydroxylation is 1. The van der Waals surface area contributed by atoms with Crippen LogP contribution in [0.4, 0.5) is 17.6 Å². The second-order valence-corrected chi connectivity index (χ2v) is 6.37. The third-order valence-electron chi connectivity index (χ3n) is 2.73. The lowest BCUT2D eigenvalue weighted by Gasteiger charge is -2.25. The van der Waals surface area contributed by atoms with Gasteiger partial charge < -0.3 is 0 Å². The van der Waals surface area contributed by atoms with Crippen molar-refractivity contribution in [2.45, 2.75) is 43.8 Å². The van der Waals surface area contributed by atoms with E-state index in [1.54, 1.807) is 13.8 Å². The van der Waals surface area contributed by atoms with Crippen LogP contribution in [0.1, 0.15) is 31.4 Å². The largest absolute Gasteiger partial charge is 0.417 e. The van der Waals surface area contributed by atoms with Crippen LogP contribution < -0.4 is 4.72 Å². The van der Waals surface area contributed by atoms with E-state index in [2.05, 4.69) is 4.72 Å². The number of hydrogen-bond acceptors (Lipinski definition) is 1. The first kappa shape index (κ1) is 17.1. The first-order valence-electron chi connectivity index (χ1n) is 6.00. The molecule has 0 spiro atoms. The Balaban J connectivity index is 3.11. The van der Waals surface area contributed by atoms with E-state index >= 15 is 0 Å². The molecule has 0 aliphatic rings. The number of benzene rings is 1. The highest BCUT2D eigenvalue weighted by Gasteiger charge is 2.35. The fraction of sp³-hybridized carbons (Fsp3) is 0.538. The first-order chi connectivity index (χ1) is 9.07. The van der Waals surface area contributed by atoms with Gasteiger partial charge in [0.05, 0.1) is 17.1 Å². The van der Waals surface area contributed by atoms with E-state index in [0.717, 1.165) is 6.07 Å². The van der Waals surface area contributed by atoms with Crippen molar-refractivity contribution in [1.29, 1.82) is 0 Å². The fourth-order valence-electron chi connectivity index (χ4n) is 1.62. The monoisotopic (exact) mass is 311 g/mol. The van der Waals surface area contributed by atoms with Crippen LogP contribution in [0.15, 0.2) is 23.1 Å². The van der Waals surface area contributed by atoms with E-state index < -0.39 is 34.9 Å². The molecule has 0 aromatic heterocycles. The Morgan fingerprint density at radius 3 is 2.35 bits per heavy atom. The van der Waals surface area contributed by atoms with Crippen LogP contribution in [-0.4, -0.2) is 16.4 Å². The summed E-state index contributed by atoms with van der Waals surface area (Å²) in [6, 6.07) is 3.61. The standard InChI is InChI=1S/C13H17F4NOS/c1-9-4-5-11(10(8-9)13(15,16)17)20(19)18-12(2,3)6-7-14/h4-5,8,18H,6-7H2,1-3H3. The molecule has 0 aliphatic carbocycles. The molecule has 114 valence electrons. The van der Waals surface area contributed by atoms with Gasteiger partial charge in [0, 0.05) is 5.54 Å². The van der Waals surface area contributed by atoms with Crippen molar-refractivity contribution < 1.29 is 21.8 Å². The molecule has 0 amide bonds. The number of alkyl halides is 4. The summed E-state index contributed by atoms with van der Waals surface area (Å²) in [5.74, 6) is 0. The molecule has 1 N–H and O–H groups in total. The summed E-state index contributed by atoms with van der Waals surface area (Å²) in [5.41, 5.74) is -1.35. The van der Waals surface area contributed by atoms with Crippen LogP contribution in [0.25, 0.3) is 0 Å². The van der Waals surface area contributed by atoms with Gasteiger partial charge in [-0.25, -0.2) is 8.93 Å². The number of nitrogens with one attached hydrogen (secondary N) is 1. The molecule has 0 radical (unpaired) electrons. The smallest absolute Gasteiger partial charge is 0.251 e. The molecule has 2 nitrogen and oxygen atoms in total. The maximum atomic E-state index is 12.9. The van der Waals surface area contributed by atoms with Crippen molar-refractivity contribution in [3.05, 3.63) is 29.3 Å². The van der Waals surface area contributed by atoms with E-state index in [-0.39, 0.29) is 11.3 Å². The highest BCUT2D eigenvalue weighted by Crippen LogP contribution is 2.34. The second-order valence-electron chi connectivity index (χ2n) is 5.19. The van der Waals surface area contributed by atoms with E-state index in [4.69, 9.17) is 0 Å². The van der Waals surface area contributed by atoms with Crippen LogP contribution in [0.2, 0.25) is 0 Å². The molecular weight excluding hydrogens is 294 g/mol. The Kier molecular flexibility index (Phi) is 5.32. The maximum absolute atomic E-state index is 12.9. The molecule has 1 aromatic carbocycles. The van der Waals surface area contributed by atoms with Gasteiger partial charge in [-0.1, -0.05) is 11.6 Å². The van der Waals surface area contributed by atoms with Crippen LogP contribution >= 0.6 is 0 Å². The zero-order valence-electron chi connectivity index (χ0n) is 11.5. The molecule has 0 bridgehead atoms. The van der Waals surface area contributed by atoms with Gasteiger partial charge in [-0.05, 0) is 39.3 Å². The number of hydrogen-bond donors (Lipinski definition) is 1. The minimum atomic E-state index is -4.58. The molecule has 7 heteroatoms. The highest BCUT2D eigenvalue weighted by atomic mass is 32.2. The van der Waals surface area contributed by atoms with E-state index in [1.807, 2.05) is 0 Å². The zero-order valence-corrected chi connectivity index (χ0v) is 12.3. The van der Waals surface area contributed by atoms with Gasteiger partial charge in [0.2, 0.25) is 0 Å². The highest BCUT2D eigenvalue weighted by molar-refractivity contribution is 7.83. The Labute approximate surface area is 118 Å². The summed E-state index contributed by atoms with van der Waals surface area (Å²) in [7, 11) is -2.06. The quantitative estimate of drug-likeness (QED) is 0.824. The summed E-state index contributed by atoms with van der Waals surface area (Å²) in [6.07, 6.45) is -4.52. The van der Waals surface area contributed by atoms with Crippen molar-refractivity contribution >= 4 is 11.0 Å². The second kappa shape index (κ2) is 6.22. The van der Waals surface area contributed by atoms with Gasteiger partial charge >= 0.3 is 6.18 Å². The average Bonchev–Trinajstić information content (AvgIpc) is 2.26. The van der Waals surface area contributed by atoms with Crippen molar-refractivity contribution in [1.82, 2.24) is 4.72 Å². The van der Waals surface area contributed by atoms with E-state index in [0.29, 0.717) is 5.56 Å². The van der Waals surface area contributed by atoms with Gasteiger partial charge in [-0.2, -0.15) is 13.2 Å². The van der Waals surface area contributed by atoms with Crippen LogP contribution in [0, 0.1) is 6.92 Å². The van der Waals surface area contributed by atoms with E-state index in [1.165, 1.54) is 19.1 Å². The predicted molar refractivity (Wildman–Crippen MR) is 70.4 cm³/mol. The minimum absolute atomic E-state index is 0.0615. The Morgan fingerprint density at radius 2 is 1.85 bits per heavy atom. The third-order valence-corrected chi connectivity index (χ3v) is 4.22. The van der Waals surface area contributed by atoms with Gasteiger partial charge in [-0.3, -0.25) is 4.39 Å². The van der Waals surface area contributed by atoms with Crippen LogP contribution in [0.3, 0.4) is 0 Å².